The Balaban J connectivity index is 1.64. The SMILES string of the molecule is CC(C(=O)NC1CCCC1)N(Cc1ccc(F)cc1)C(=O)CCSc1ccccc1. The van der Waals surface area contributed by atoms with E-state index in [-0.39, 0.29) is 30.2 Å². The summed E-state index contributed by atoms with van der Waals surface area (Å²) >= 11 is 1.62. The van der Waals surface area contributed by atoms with Crippen molar-refractivity contribution in [1.29, 1.82) is 0 Å². The lowest BCUT2D eigenvalue weighted by Gasteiger charge is -2.30. The molecule has 2 aromatic carbocycles. The van der Waals surface area contributed by atoms with Crippen LogP contribution in [0.25, 0.3) is 0 Å². The summed E-state index contributed by atoms with van der Waals surface area (Å²) in [7, 11) is 0. The summed E-state index contributed by atoms with van der Waals surface area (Å²) in [4.78, 5) is 28.6. The first kappa shape index (κ1) is 22.3. The summed E-state index contributed by atoms with van der Waals surface area (Å²) in [5.74, 6) is 0.132. The minimum Gasteiger partial charge on any atom is -0.352 e. The number of carbonyl (C=O) groups is 2. The molecule has 2 amide bonds. The number of hydrogen-bond acceptors (Lipinski definition) is 3. The summed E-state index contributed by atoms with van der Waals surface area (Å²) < 4.78 is 13.3. The maximum absolute atomic E-state index is 13.3. The van der Waals surface area contributed by atoms with Gasteiger partial charge < -0.3 is 10.2 Å². The Morgan fingerprint density at radius 2 is 1.77 bits per heavy atom. The first-order chi connectivity index (χ1) is 14.5. The zero-order chi connectivity index (χ0) is 21.3. The monoisotopic (exact) mass is 428 g/mol. The largest absolute Gasteiger partial charge is 0.352 e. The molecule has 1 saturated carbocycles. The molecule has 1 N–H and O–H groups in total. The van der Waals surface area contributed by atoms with Crippen molar-refractivity contribution in [3.8, 4) is 0 Å². The van der Waals surface area contributed by atoms with Crippen LogP contribution in [0.3, 0.4) is 0 Å². The third-order valence-corrected chi connectivity index (χ3v) is 6.48. The molecule has 3 rings (SSSR count). The predicted molar refractivity (Wildman–Crippen MR) is 119 cm³/mol. The lowest BCUT2D eigenvalue weighted by molar-refractivity contribution is -0.140. The Kier molecular flexibility index (Phi) is 8.31. The molecule has 0 spiro atoms. The van der Waals surface area contributed by atoms with Crippen LogP contribution in [0, 0.1) is 5.82 Å². The molecule has 1 aliphatic rings. The van der Waals surface area contributed by atoms with Gasteiger partial charge in [-0.25, -0.2) is 4.39 Å². The van der Waals surface area contributed by atoms with Crippen LogP contribution in [0.4, 0.5) is 4.39 Å². The van der Waals surface area contributed by atoms with Gasteiger partial charge in [-0.05, 0) is 49.6 Å². The van der Waals surface area contributed by atoms with Crippen molar-refractivity contribution >= 4 is 23.6 Å². The van der Waals surface area contributed by atoms with E-state index in [1.54, 1.807) is 35.7 Å². The number of nitrogens with zero attached hydrogens (tertiary/aromatic N) is 1. The topological polar surface area (TPSA) is 49.4 Å². The summed E-state index contributed by atoms with van der Waals surface area (Å²) in [5.41, 5.74) is 0.806. The minimum absolute atomic E-state index is 0.0724. The highest BCUT2D eigenvalue weighted by Gasteiger charge is 2.28. The molecule has 0 radical (unpaired) electrons. The number of nitrogens with one attached hydrogen (secondary N) is 1. The van der Waals surface area contributed by atoms with Gasteiger partial charge in [-0.2, -0.15) is 0 Å². The smallest absolute Gasteiger partial charge is 0.242 e. The van der Waals surface area contributed by atoms with Crippen LogP contribution in [-0.2, 0) is 16.1 Å². The van der Waals surface area contributed by atoms with Gasteiger partial charge >= 0.3 is 0 Å². The molecular weight excluding hydrogens is 399 g/mol. The highest BCUT2D eigenvalue weighted by molar-refractivity contribution is 7.99. The van der Waals surface area contributed by atoms with Gasteiger partial charge in [0, 0.05) is 29.7 Å². The lowest BCUT2D eigenvalue weighted by atomic mass is 10.1. The van der Waals surface area contributed by atoms with Gasteiger partial charge in [-0.15, -0.1) is 11.8 Å². The van der Waals surface area contributed by atoms with Crippen molar-refractivity contribution in [2.24, 2.45) is 0 Å². The number of thioether (sulfide) groups is 1. The maximum Gasteiger partial charge on any atom is 0.242 e. The van der Waals surface area contributed by atoms with Crippen LogP contribution in [0.2, 0.25) is 0 Å². The maximum atomic E-state index is 13.3. The van der Waals surface area contributed by atoms with Crippen LogP contribution in [0.15, 0.2) is 59.5 Å². The van der Waals surface area contributed by atoms with Crippen molar-refractivity contribution in [2.75, 3.05) is 5.75 Å². The molecular formula is C24H29FN2O2S. The summed E-state index contributed by atoms with van der Waals surface area (Å²) in [6.45, 7) is 2.06. The molecule has 1 atom stereocenters. The third-order valence-electron chi connectivity index (χ3n) is 5.46. The Hall–Kier alpha value is -2.34. The highest BCUT2D eigenvalue weighted by atomic mass is 32.2. The third kappa shape index (κ3) is 6.59. The summed E-state index contributed by atoms with van der Waals surface area (Å²) in [6, 6.07) is 15.7. The summed E-state index contributed by atoms with van der Waals surface area (Å²) in [6.07, 6.45) is 4.60. The molecule has 4 nitrogen and oxygen atoms in total. The quantitative estimate of drug-likeness (QED) is 0.585. The average molecular weight is 429 g/mol. The normalized spacial score (nSPS) is 15.0. The summed E-state index contributed by atoms with van der Waals surface area (Å²) in [5, 5.41) is 3.09. The van der Waals surface area contributed by atoms with Crippen molar-refractivity contribution in [3.05, 3.63) is 66.0 Å². The minimum atomic E-state index is -0.579. The molecule has 0 heterocycles. The number of carbonyl (C=O) groups excluding carboxylic acids is 2. The van der Waals surface area contributed by atoms with Crippen molar-refractivity contribution in [3.63, 3.8) is 0 Å². The van der Waals surface area contributed by atoms with Gasteiger partial charge in [0.15, 0.2) is 0 Å². The Morgan fingerprint density at radius 1 is 1.10 bits per heavy atom. The van der Waals surface area contributed by atoms with E-state index >= 15 is 0 Å². The van der Waals surface area contributed by atoms with Gasteiger partial charge in [-0.1, -0.05) is 43.2 Å². The van der Waals surface area contributed by atoms with Crippen LogP contribution < -0.4 is 5.32 Å². The Bertz CT molecular complexity index is 823. The number of hydrogen-bond donors (Lipinski definition) is 1. The second kappa shape index (κ2) is 11.2. The van der Waals surface area contributed by atoms with Crippen molar-refractivity contribution in [1.82, 2.24) is 10.2 Å². The Labute approximate surface area is 182 Å². The molecule has 30 heavy (non-hydrogen) atoms. The van der Waals surface area contributed by atoms with E-state index in [9.17, 15) is 14.0 Å². The first-order valence-corrected chi connectivity index (χ1v) is 11.5. The molecule has 1 fully saturated rings. The fourth-order valence-corrected chi connectivity index (χ4v) is 4.54. The van der Waals surface area contributed by atoms with E-state index < -0.39 is 6.04 Å². The number of halogens is 1. The van der Waals surface area contributed by atoms with E-state index in [1.807, 2.05) is 30.3 Å². The zero-order valence-corrected chi connectivity index (χ0v) is 18.2. The van der Waals surface area contributed by atoms with Gasteiger partial charge in [0.1, 0.15) is 11.9 Å². The van der Waals surface area contributed by atoms with E-state index in [4.69, 9.17) is 0 Å². The number of rotatable bonds is 9. The fraction of sp³-hybridized carbons (Fsp3) is 0.417. The zero-order valence-electron chi connectivity index (χ0n) is 17.4. The average Bonchev–Trinajstić information content (AvgIpc) is 3.26. The van der Waals surface area contributed by atoms with E-state index in [1.165, 1.54) is 12.1 Å². The second-order valence-electron chi connectivity index (χ2n) is 7.73. The molecule has 160 valence electrons. The molecule has 0 saturated heterocycles. The number of benzene rings is 2. The standard InChI is InChI=1S/C24H29FN2O2S/c1-18(24(29)26-21-7-5-6-8-21)27(17-19-11-13-20(25)14-12-19)23(28)15-16-30-22-9-3-2-4-10-22/h2-4,9-14,18,21H,5-8,15-17H2,1H3,(H,26,29). The van der Waals surface area contributed by atoms with Crippen LogP contribution >= 0.6 is 11.8 Å². The molecule has 1 unspecified atom stereocenters. The van der Waals surface area contributed by atoms with Crippen molar-refractivity contribution in [2.45, 2.75) is 62.6 Å². The molecule has 0 bridgehead atoms. The second-order valence-corrected chi connectivity index (χ2v) is 8.89. The molecule has 6 heteroatoms. The molecule has 2 aromatic rings. The van der Waals surface area contributed by atoms with E-state index in [0.29, 0.717) is 12.2 Å². The number of amides is 2. The fourth-order valence-electron chi connectivity index (χ4n) is 3.68. The Morgan fingerprint density at radius 3 is 2.43 bits per heavy atom. The lowest BCUT2D eigenvalue weighted by Crippen LogP contribution is -2.49. The molecule has 0 aliphatic heterocycles. The van der Waals surface area contributed by atoms with E-state index in [2.05, 4.69) is 5.32 Å². The van der Waals surface area contributed by atoms with E-state index in [0.717, 1.165) is 36.1 Å². The predicted octanol–water partition coefficient (Wildman–Crippen LogP) is 4.78. The van der Waals surface area contributed by atoms with Gasteiger partial charge in [0.05, 0.1) is 0 Å². The van der Waals surface area contributed by atoms with Crippen molar-refractivity contribution < 1.29 is 14.0 Å². The van der Waals surface area contributed by atoms with Crippen LogP contribution in [0.5, 0.6) is 0 Å². The van der Waals surface area contributed by atoms with Crippen LogP contribution in [-0.4, -0.2) is 34.6 Å². The first-order valence-electron chi connectivity index (χ1n) is 10.5. The molecule has 1 aliphatic carbocycles. The van der Waals surface area contributed by atoms with Gasteiger partial charge in [0.2, 0.25) is 11.8 Å². The highest BCUT2D eigenvalue weighted by Crippen LogP contribution is 2.21. The molecule has 0 aromatic heterocycles. The van der Waals surface area contributed by atoms with Crippen LogP contribution in [0.1, 0.15) is 44.6 Å². The van der Waals surface area contributed by atoms with Gasteiger partial charge in [0.25, 0.3) is 0 Å². The van der Waals surface area contributed by atoms with Gasteiger partial charge in [-0.3, -0.25) is 9.59 Å².